The molecular formula is C30H25Cl2N3O6S. The molecule has 9 nitrogen and oxygen atoms in total. The zero-order valence-electron chi connectivity index (χ0n) is 22.1. The smallest absolute Gasteiger partial charge is 0.326 e. The number of carboxylic acid groups (broad SMARTS) is 1. The number of nitrogens with zero attached hydrogens (tertiary/aromatic N) is 1. The molecule has 12 heteroatoms. The highest BCUT2D eigenvalue weighted by molar-refractivity contribution is 7.91. The first-order chi connectivity index (χ1) is 20.0. The molecule has 0 aliphatic rings. The second kappa shape index (κ2) is 13.1. The second-order valence-corrected chi connectivity index (χ2v) is 11.9. The van der Waals surface area contributed by atoms with Gasteiger partial charge in [0.15, 0.2) is 0 Å². The summed E-state index contributed by atoms with van der Waals surface area (Å²) in [7, 11) is -2.60. The van der Waals surface area contributed by atoms with Crippen molar-refractivity contribution in [1.29, 1.82) is 0 Å². The summed E-state index contributed by atoms with van der Waals surface area (Å²) >= 11 is 12.2. The Labute approximate surface area is 252 Å². The van der Waals surface area contributed by atoms with Crippen molar-refractivity contribution in [3.63, 3.8) is 0 Å². The van der Waals surface area contributed by atoms with E-state index in [-0.39, 0.29) is 37.5 Å². The number of urea groups is 1. The van der Waals surface area contributed by atoms with E-state index < -0.39 is 33.8 Å². The summed E-state index contributed by atoms with van der Waals surface area (Å²) in [5, 5.41) is 15.3. The highest BCUT2D eigenvalue weighted by Gasteiger charge is 2.27. The lowest BCUT2D eigenvalue weighted by molar-refractivity contribution is -0.139. The van der Waals surface area contributed by atoms with Gasteiger partial charge in [0.05, 0.1) is 31.1 Å². The van der Waals surface area contributed by atoms with Crippen LogP contribution in [-0.2, 0) is 21.1 Å². The summed E-state index contributed by atoms with van der Waals surface area (Å²) in [6.45, 7) is 0. The predicted octanol–water partition coefficient (Wildman–Crippen LogP) is 5.92. The van der Waals surface area contributed by atoms with Crippen LogP contribution in [0.25, 0.3) is 0 Å². The fourth-order valence-electron chi connectivity index (χ4n) is 4.11. The lowest BCUT2D eigenvalue weighted by Crippen LogP contribution is -2.48. The van der Waals surface area contributed by atoms with E-state index in [0.717, 1.165) is 4.90 Å². The van der Waals surface area contributed by atoms with E-state index in [1.807, 2.05) is 0 Å². The van der Waals surface area contributed by atoms with Gasteiger partial charge in [0, 0.05) is 19.2 Å². The third-order valence-corrected chi connectivity index (χ3v) is 8.76. The van der Waals surface area contributed by atoms with Crippen LogP contribution in [0.15, 0.2) is 107 Å². The monoisotopic (exact) mass is 625 g/mol. The minimum atomic E-state index is -3.96. The Balaban J connectivity index is 1.47. The Bertz CT molecular complexity index is 1710. The van der Waals surface area contributed by atoms with Crippen LogP contribution < -0.4 is 15.5 Å². The van der Waals surface area contributed by atoms with Crippen molar-refractivity contribution in [2.45, 2.75) is 22.3 Å². The Hall–Kier alpha value is -4.38. The molecule has 0 saturated carbocycles. The van der Waals surface area contributed by atoms with E-state index in [1.165, 1.54) is 31.3 Å². The van der Waals surface area contributed by atoms with E-state index >= 15 is 0 Å². The van der Waals surface area contributed by atoms with E-state index in [1.54, 1.807) is 72.8 Å². The summed E-state index contributed by atoms with van der Waals surface area (Å²) in [5.41, 5.74) is 1.19. The standard InChI is InChI=1S/C30H25Cl2N3O6S/c1-35(25-12-5-6-13-26(25)42(40,41)21-8-3-2-4-9-21)30(39)34-24(29(37)38)18-19-14-16-20(17-15-19)33-28(36)27-22(31)10-7-11-23(27)32/h2-17,24H,18H2,1H3,(H,33,36)(H,34,39)(H,37,38)/t24-/m0/s1. The number of aliphatic carboxylic acids is 1. The number of benzene rings is 4. The quantitative estimate of drug-likeness (QED) is 0.211. The number of hydrogen-bond donors (Lipinski definition) is 3. The molecule has 0 aliphatic carbocycles. The first kappa shape index (κ1) is 30.6. The number of amides is 3. The summed E-state index contributed by atoms with van der Waals surface area (Å²) in [4.78, 5) is 38.8. The molecule has 0 unspecified atom stereocenters. The van der Waals surface area contributed by atoms with Crippen LogP contribution in [-0.4, -0.2) is 44.5 Å². The van der Waals surface area contributed by atoms with Crippen molar-refractivity contribution in [1.82, 2.24) is 5.32 Å². The van der Waals surface area contributed by atoms with E-state index in [0.29, 0.717) is 11.3 Å². The second-order valence-electron chi connectivity index (χ2n) is 9.14. The van der Waals surface area contributed by atoms with Gasteiger partial charge in [-0.15, -0.1) is 0 Å². The van der Waals surface area contributed by atoms with Gasteiger partial charge in [0.2, 0.25) is 9.84 Å². The summed E-state index contributed by atoms with van der Waals surface area (Å²) in [6, 6.07) is 22.7. The van der Waals surface area contributed by atoms with Gasteiger partial charge in [0.1, 0.15) is 6.04 Å². The van der Waals surface area contributed by atoms with Gasteiger partial charge in [-0.05, 0) is 54.1 Å². The maximum Gasteiger partial charge on any atom is 0.326 e. The number of hydrogen-bond acceptors (Lipinski definition) is 5. The molecule has 0 aromatic heterocycles. The third kappa shape index (κ3) is 6.91. The normalized spacial score (nSPS) is 11.8. The van der Waals surface area contributed by atoms with Crippen LogP contribution >= 0.6 is 23.2 Å². The number of carbonyl (C=O) groups is 3. The summed E-state index contributed by atoms with van der Waals surface area (Å²) in [6.07, 6.45) is -0.0799. The lowest BCUT2D eigenvalue weighted by Gasteiger charge is -2.23. The number of rotatable bonds is 9. The highest BCUT2D eigenvalue weighted by atomic mass is 35.5. The Morgan fingerprint density at radius 1 is 0.833 bits per heavy atom. The lowest BCUT2D eigenvalue weighted by atomic mass is 10.1. The molecule has 4 aromatic carbocycles. The van der Waals surface area contributed by atoms with Gasteiger partial charge in [0.25, 0.3) is 5.91 Å². The van der Waals surface area contributed by atoms with E-state index in [9.17, 15) is 27.9 Å². The molecular weight excluding hydrogens is 601 g/mol. The molecule has 0 aliphatic heterocycles. The zero-order chi connectivity index (χ0) is 30.4. The molecule has 0 spiro atoms. The van der Waals surface area contributed by atoms with Crippen LogP contribution in [0.2, 0.25) is 10.0 Å². The van der Waals surface area contributed by atoms with Gasteiger partial charge in [-0.1, -0.05) is 71.7 Å². The molecule has 0 heterocycles. The van der Waals surface area contributed by atoms with Gasteiger partial charge in [-0.25, -0.2) is 18.0 Å². The van der Waals surface area contributed by atoms with Gasteiger partial charge >= 0.3 is 12.0 Å². The number of carbonyl (C=O) groups excluding carboxylic acids is 2. The average molecular weight is 627 g/mol. The summed E-state index contributed by atoms with van der Waals surface area (Å²) in [5.74, 6) is -1.79. The number of sulfone groups is 1. The van der Waals surface area contributed by atoms with Crippen molar-refractivity contribution in [2.75, 3.05) is 17.3 Å². The maximum atomic E-state index is 13.3. The fourth-order valence-corrected chi connectivity index (χ4v) is 6.19. The van der Waals surface area contributed by atoms with Crippen molar-refractivity contribution in [3.8, 4) is 0 Å². The zero-order valence-corrected chi connectivity index (χ0v) is 24.5. The number of carboxylic acids is 1. The van der Waals surface area contributed by atoms with Crippen LogP contribution in [0, 0.1) is 0 Å². The van der Waals surface area contributed by atoms with E-state index in [4.69, 9.17) is 23.2 Å². The SMILES string of the molecule is CN(C(=O)N[C@@H](Cc1ccc(NC(=O)c2c(Cl)cccc2Cl)cc1)C(=O)O)c1ccccc1S(=O)(=O)c1ccccc1. The van der Waals surface area contributed by atoms with Gasteiger partial charge < -0.3 is 15.7 Å². The minimum absolute atomic E-state index is 0.0595. The molecule has 216 valence electrons. The van der Waals surface area contributed by atoms with Crippen LogP contribution in [0.3, 0.4) is 0 Å². The molecule has 0 saturated heterocycles. The Kier molecular flexibility index (Phi) is 9.52. The number of halogens is 2. The first-order valence-corrected chi connectivity index (χ1v) is 14.7. The largest absolute Gasteiger partial charge is 0.480 e. The Morgan fingerprint density at radius 3 is 2.05 bits per heavy atom. The van der Waals surface area contributed by atoms with Crippen LogP contribution in [0.1, 0.15) is 15.9 Å². The molecule has 0 fully saturated rings. The van der Waals surface area contributed by atoms with E-state index in [2.05, 4.69) is 10.6 Å². The predicted molar refractivity (Wildman–Crippen MR) is 161 cm³/mol. The Morgan fingerprint density at radius 2 is 1.43 bits per heavy atom. The number of nitrogens with one attached hydrogen (secondary N) is 2. The third-order valence-electron chi connectivity index (χ3n) is 6.31. The van der Waals surface area contributed by atoms with Crippen LogP contribution in [0.5, 0.6) is 0 Å². The fraction of sp³-hybridized carbons (Fsp3) is 0.100. The van der Waals surface area contributed by atoms with Crippen molar-refractivity contribution < 1.29 is 27.9 Å². The average Bonchev–Trinajstić information content (AvgIpc) is 2.97. The molecule has 3 amide bonds. The maximum absolute atomic E-state index is 13.3. The first-order valence-electron chi connectivity index (χ1n) is 12.5. The summed E-state index contributed by atoms with van der Waals surface area (Å²) < 4.78 is 26.5. The van der Waals surface area contributed by atoms with Crippen molar-refractivity contribution in [3.05, 3.63) is 118 Å². The van der Waals surface area contributed by atoms with Crippen LogP contribution in [0.4, 0.5) is 16.2 Å². The highest BCUT2D eigenvalue weighted by Crippen LogP contribution is 2.30. The molecule has 3 N–H and O–H groups in total. The van der Waals surface area contributed by atoms with Gasteiger partial charge in [-0.2, -0.15) is 0 Å². The van der Waals surface area contributed by atoms with Crippen molar-refractivity contribution in [2.24, 2.45) is 0 Å². The van der Waals surface area contributed by atoms with Gasteiger partial charge in [-0.3, -0.25) is 9.69 Å². The molecule has 42 heavy (non-hydrogen) atoms. The molecule has 4 aromatic rings. The molecule has 1 atom stereocenters. The molecule has 4 rings (SSSR count). The molecule has 0 bridgehead atoms. The number of anilines is 2. The topological polar surface area (TPSA) is 133 Å². The molecule has 0 radical (unpaired) electrons. The van der Waals surface area contributed by atoms with Crippen molar-refractivity contribution >= 4 is 62.3 Å². The number of para-hydroxylation sites is 1. The minimum Gasteiger partial charge on any atom is -0.480 e.